The second kappa shape index (κ2) is 7.24. The molecule has 0 radical (unpaired) electrons. The Bertz CT molecular complexity index is 1050. The highest BCUT2D eigenvalue weighted by atomic mass is 19.1. The van der Waals surface area contributed by atoms with Gasteiger partial charge in [-0.25, -0.2) is 4.39 Å². The zero-order valence-electron chi connectivity index (χ0n) is 14.2. The standard InChI is InChI=1S/C18H16FN7O/c19-15-4-1-3-14(11-15)12-24-10-6-17(23-24)21-18(27)16-5-9-26(22-16)13-25-8-2-7-20-25/h1-11H,12-13H2,(H,21,23,27). The number of hydrogen-bond donors (Lipinski definition) is 1. The number of carbonyl (C=O) groups excluding carboxylic acids is 1. The number of rotatable bonds is 6. The maximum atomic E-state index is 13.3. The van der Waals surface area contributed by atoms with Crippen molar-refractivity contribution in [3.63, 3.8) is 0 Å². The molecule has 4 rings (SSSR count). The Labute approximate surface area is 153 Å². The van der Waals surface area contributed by atoms with Crippen LogP contribution in [0.15, 0.2) is 67.3 Å². The molecule has 0 fully saturated rings. The van der Waals surface area contributed by atoms with Gasteiger partial charge in [-0.3, -0.25) is 18.8 Å². The molecule has 1 N–H and O–H groups in total. The van der Waals surface area contributed by atoms with E-state index < -0.39 is 0 Å². The summed E-state index contributed by atoms with van der Waals surface area (Å²) in [4.78, 5) is 12.3. The van der Waals surface area contributed by atoms with Gasteiger partial charge in [0.2, 0.25) is 0 Å². The highest BCUT2D eigenvalue weighted by molar-refractivity contribution is 6.02. The minimum Gasteiger partial charge on any atom is -0.304 e. The van der Waals surface area contributed by atoms with Crippen molar-refractivity contribution in [1.82, 2.24) is 29.3 Å². The van der Waals surface area contributed by atoms with Crippen molar-refractivity contribution in [2.45, 2.75) is 13.2 Å². The number of benzene rings is 1. The van der Waals surface area contributed by atoms with E-state index in [0.717, 1.165) is 5.56 Å². The number of aromatic nitrogens is 6. The molecule has 8 nitrogen and oxygen atoms in total. The van der Waals surface area contributed by atoms with Crippen molar-refractivity contribution in [3.05, 3.63) is 84.3 Å². The molecule has 0 bridgehead atoms. The van der Waals surface area contributed by atoms with E-state index in [4.69, 9.17) is 0 Å². The first-order chi connectivity index (χ1) is 13.2. The normalized spacial score (nSPS) is 10.9. The summed E-state index contributed by atoms with van der Waals surface area (Å²) < 4.78 is 18.2. The van der Waals surface area contributed by atoms with E-state index in [1.807, 2.05) is 18.3 Å². The van der Waals surface area contributed by atoms with E-state index in [0.29, 0.717) is 19.0 Å². The molecular formula is C18H16FN7O. The maximum Gasteiger partial charge on any atom is 0.277 e. The molecular weight excluding hydrogens is 349 g/mol. The first-order valence-electron chi connectivity index (χ1n) is 8.26. The van der Waals surface area contributed by atoms with Crippen LogP contribution in [0.1, 0.15) is 16.1 Å². The molecule has 0 saturated carbocycles. The number of anilines is 1. The summed E-state index contributed by atoms with van der Waals surface area (Å²) in [5.74, 6) is -0.248. The molecule has 0 aliphatic carbocycles. The number of halogens is 1. The van der Waals surface area contributed by atoms with Crippen LogP contribution in [0.4, 0.5) is 10.2 Å². The van der Waals surface area contributed by atoms with Crippen molar-refractivity contribution >= 4 is 11.7 Å². The summed E-state index contributed by atoms with van der Waals surface area (Å²) >= 11 is 0. The van der Waals surface area contributed by atoms with Gasteiger partial charge in [-0.1, -0.05) is 12.1 Å². The van der Waals surface area contributed by atoms with Crippen LogP contribution < -0.4 is 5.32 Å². The summed E-state index contributed by atoms with van der Waals surface area (Å²) in [5, 5.41) is 15.3. The van der Waals surface area contributed by atoms with E-state index >= 15 is 0 Å². The molecule has 0 spiro atoms. The first-order valence-corrected chi connectivity index (χ1v) is 8.26. The zero-order valence-corrected chi connectivity index (χ0v) is 14.2. The van der Waals surface area contributed by atoms with Crippen LogP contribution in [0.25, 0.3) is 0 Å². The van der Waals surface area contributed by atoms with Gasteiger partial charge in [-0.05, 0) is 29.8 Å². The molecule has 0 unspecified atom stereocenters. The van der Waals surface area contributed by atoms with Gasteiger partial charge in [-0.15, -0.1) is 0 Å². The minimum atomic E-state index is -0.356. The van der Waals surface area contributed by atoms with Crippen molar-refractivity contribution < 1.29 is 9.18 Å². The number of amides is 1. The average Bonchev–Trinajstić information content (AvgIpc) is 3.38. The monoisotopic (exact) mass is 365 g/mol. The highest BCUT2D eigenvalue weighted by Gasteiger charge is 2.12. The van der Waals surface area contributed by atoms with Crippen molar-refractivity contribution in [2.24, 2.45) is 0 Å². The third kappa shape index (κ3) is 4.09. The van der Waals surface area contributed by atoms with E-state index in [-0.39, 0.29) is 17.4 Å². The molecule has 0 saturated heterocycles. The SMILES string of the molecule is O=C(Nc1ccn(Cc2cccc(F)c2)n1)c1ccn(Cn2cccn2)n1. The molecule has 4 aromatic rings. The van der Waals surface area contributed by atoms with Gasteiger partial charge >= 0.3 is 0 Å². The Morgan fingerprint density at radius 1 is 1.00 bits per heavy atom. The topological polar surface area (TPSA) is 82.6 Å². The van der Waals surface area contributed by atoms with Crippen LogP contribution in [0, 0.1) is 5.82 Å². The Morgan fingerprint density at radius 3 is 2.70 bits per heavy atom. The summed E-state index contributed by atoms with van der Waals surface area (Å²) in [5.41, 5.74) is 1.06. The molecule has 0 aliphatic heterocycles. The van der Waals surface area contributed by atoms with Gasteiger partial charge in [0.15, 0.2) is 11.5 Å². The lowest BCUT2D eigenvalue weighted by atomic mass is 10.2. The first kappa shape index (κ1) is 16.7. The van der Waals surface area contributed by atoms with Gasteiger partial charge in [0, 0.05) is 30.9 Å². The Balaban J connectivity index is 1.38. The number of nitrogens with one attached hydrogen (secondary N) is 1. The van der Waals surface area contributed by atoms with Crippen LogP contribution >= 0.6 is 0 Å². The molecule has 1 aromatic carbocycles. The molecule has 1 amide bonds. The lowest BCUT2D eigenvalue weighted by molar-refractivity contribution is 0.102. The maximum absolute atomic E-state index is 13.3. The van der Waals surface area contributed by atoms with Crippen LogP contribution in [0.5, 0.6) is 0 Å². The summed E-state index contributed by atoms with van der Waals surface area (Å²) in [6.45, 7) is 0.828. The second-order valence-electron chi connectivity index (χ2n) is 5.91. The van der Waals surface area contributed by atoms with E-state index in [1.165, 1.54) is 12.1 Å². The third-order valence-electron chi connectivity index (χ3n) is 3.84. The fourth-order valence-corrected chi connectivity index (χ4v) is 2.61. The van der Waals surface area contributed by atoms with Crippen molar-refractivity contribution in [1.29, 1.82) is 0 Å². The Kier molecular flexibility index (Phi) is 4.48. The van der Waals surface area contributed by atoms with Crippen LogP contribution in [-0.2, 0) is 13.2 Å². The fraction of sp³-hybridized carbons (Fsp3) is 0.111. The number of hydrogen-bond acceptors (Lipinski definition) is 4. The van der Waals surface area contributed by atoms with Gasteiger partial charge in [-0.2, -0.15) is 15.3 Å². The molecule has 9 heteroatoms. The summed E-state index contributed by atoms with van der Waals surface area (Å²) in [7, 11) is 0. The lowest BCUT2D eigenvalue weighted by Gasteiger charge is -2.03. The molecule has 0 aliphatic rings. The zero-order chi connectivity index (χ0) is 18.6. The van der Waals surface area contributed by atoms with E-state index in [2.05, 4.69) is 20.6 Å². The van der Waals surface area contributed by atoms with Gasteiger partial charge in [0.25, 0.3) is 5.91 Å². The van der Waals surface area contributed by atoms with Gasteiger partial charge < -0.3 is 5.32 Å². The number of nitrogens with zero attached hydrogens (tertiary/aromatic N) is 6. The van der Waals surface area contributed by atoms with E-state index in [1.54, 1.807) is 50.8 Å². The smallest absolute Gasteiger partial charge is 0.277 e. The predicted molar refractivity (Wildman–Crippen MR) is 95.5 cm³/mol. The third-order valence-corrected chi connectivity index (χ3v) is 3.84. The fourth-order valence-electron chi connectivity index (χ4n) is 2.61. The minimum absolute atomic E-state index is 0.279. The van der Waals surface area contributed by atoms with Crippen molar-refractivity contribution in [2.75, 3.05) is 5.32 Å². The molecule has 3 heterocycles. The van der Waals surface area contributed by atoms with Crippen LogP contribution in [0.2, 0.25) is 0 Å². The molecule has 27 heavy (non-hydrogen) atoms. The van der Waals surface area contributed by atoms with Gasteiger partial charge in [0.1, 0.15) is 12.5 Å². The Hall–Kier alpha value is -3.75. The Morgan fingerprint density at radius 2 is 1.89 bits per heavy atom. The molecule has 136 valence electrons. The van der Waals surface area contributed by atoms with E-state index in [9.17, 15) is 9.18 Å². The average molecular weight is 365 g/mol. The van der Waals surface area contributed by atoms with Gasteiger partial charge in [0.05, 0.1) is 6.54 Å². The van der Waals surface area contributed by atoms with Crippen LogP contribution in [-0.4, -0.2) is 35.2 Å². The quantitative estimate of drug-likeness (QED) is 0.568. The molecule has 0 atom stereocenters. The number of carbonyl (C=O) groups is 1. The molecule has 3 aromatic heterocycles. The summed E-state index contributed by atoms with van der Waals surface area (Å²) in [6.07, 6.45) is 6.92. The highest BCUT2D eigenvalue weighted by Crippen LogP contribution is 2.09. The summed E-state index contributed by atoms with van der Waals surface area (Å²) in [6, 6.07) is 11.4. The van der Waals surface area contributed by atoms with Crippen molar-refractivity contribution in [3.8, 4) is 0 Å². The second-order valence-corrected chi connectivity index (χ2v) is 5.91. The largest absolute Gasteiger partial charge is 0.304 e. The lowest BCUT2D eigenvalue weighted by Crippen LogP contribution is -2.15. The van der Waals surface area contributed by atoms with Crippen LogP contribution in [0.3, 0.4) is 0 Å². The predicted octanol–water partition coefficient (Wildman–Crippen LogP) is 2.22.